The lowest BCUT2D eigenvalue weighted by Gasteiger charge is -2.41. The third kappa shape index (κ3) is 10.8. The van der Waals surface area contributed by atoms with Gasteiger partial charge in [0.25, 0.3) is 0 Å². The summed E-state index contributed by atoms with van der Waals surface area (Å²) in [6.45, 7) is 5.04. The van der Waals surface area contributed by atoms with E-state index in [0.29, 0.717) is 12.3 Å². The number of hydrogen-bond acceptors (Lipinski definition) is 8. The van der Waals surface area contributed by atoms with E-state index in [-0.39, 0.29) is 6.10 Å². The summed E-state index contributed by atoms with van der Waals surface area (Å²) in [7, 11) is 0. The van der Waals surface area contributed by atoms with Gasteiger partial charge in [-0.15, -0.1) is 0 Å². The Hall–Kier alpha value is -0.810. The van der Waals surface area contributed by atoms with Crippen molar-refractivity contribution in [3.05, 3.63) is 0 Å². The van der Waals surface area contributed by atoms with Gasteiger partial charge in [0, 0.05) is 0 Å². The molecule has 202 valence electrons. The molecule has 9 nitrogen and oxygen atoms in total. The van der Waals surface area contributed by atoms with Crippen LogP contribution in [-0.4, -0.2) is 86.1 Å². The van der Waals surface area contributed by atoms with Crippen LogP contribution in [-0.2, 0) is 14.3 Å². The van der Waals surface area contributed by atoms with Gasteiger partial charge in [-0.25, -0.2) is 0 Å². The fourth-order valence-corrected chi connectivity index (χ4v) is 4.22. The second-order valence-corrected chi connectivity index (χ2v) is 10.1. The maximum absolute atomic E-state index is 11.5. The largest absolute Gasteiger partial charge is 0.481 e. The van der Waals surface area contributed by atoms with Crippen molar-refractivity contribution >= 4 is 5.97 Å². The normalized spacial score (nSPS) is 28.1. The number of ether oxygens (including phenoxy) is 2. The van der Waals surface area contributed by atoms with E-state index < -0.39 is 55.3 Å². The van der Waals surface area contributed by atoms with Crippen LogP contribution in [0.1, 0.15) is 91.4 Å². The van der Waals surface area contributed by atoms with E-state index in [4.69, 9.17) is 9.47 Å². The molecule has 8 atom stereocenters. The molecular weight excluding hydrogens is 444 g/mol. The van der Waals surface area contributed by atoms with Gasteiger partial charge in [0.1, 0.15) is 24.4 Å². The quantitative estimate of drug-likeness (QED) is 0.158. The Balaban J connectivity index is 2.31. The average Bonchev–Trinajstić information content (AvgIpc) is 2.80. The van der Waals surface area contributed by atoms with Crippen LogP contribution in [0.5, 0.6) is 0 Å². The van der Waals surface area contributed by atoms with Gasteiger partial charge in [-0.2, -0.15) is 0 Å². The lowest BCUT2D eigenvalue weighted by atomic mass is 9.96. The summed E-state index contributed by atoms with van der Waals surface area (Å²) < 4.78 is 11.1. The highest BCUT2D eigenvalue weighted by molar-refractivity contribution is 5.70. The van der Waals surface area contributed by atoms with Crippen LogP contribution in [0.2, 0.25) is 0 Å². The molecule has 1 fully saturated rings. The molecule has 34 heavy (non-hydrogen) atoms. The molecule has 0 radical (unpaired) electrons. The molecule has 1 saturated heterocycles. The second kappa shape index (κ2) is 16.8. The fourth-order valence-electron chi connectivity index (χ4n) is 4.22. The van der Waals surface area contributed by atoms with Crippen molar-refractivity contribution in [1.82, 2.24) is 0 Å². The van der Waals surface area contributed by atoms with Crippen LogP contribution >= 0.6 is 0 Å². The summed E-state index contributed by atoms with van der Waals surface area (Å²) in [5, 5.41) is 58.6. The number of unbranched alkanes of at least 4 members (excludes halogenated alkanes) is 8. The van der Waals surface area contributed by atoms with Gasteiger partial charge in [-0.3, -0.25) is 4.79 Å². The van der Waals surface area contributed by atoms with Crippen molar-refractivity contribution in [2.75, 3.05) is 6.61 Å². The van der Waals surface area contributed by atoms with Crippen LogP contribution in [0, 0.1) is 11.8 Å². The molecule has 6 N–H and O–H groups in total. The van der Waals surface area contributed by atoms with Crippen molar-refractivity contribution in [2.24, 2.45) is 11.8 Å². The second-order valence-electron chi connectivity index (χ2n) is 10.1. The van der Waals surface area contributed by atoms with E-state index in [1.807, 2.05) is 13.8 Å². The number of rotatable bonds is 18. The topological polar surface area (TPSA) is 157 Å². The van der Waals surface area contributed by atoms with E-state index in [2.05, 4.69) is 0 Å². The zero-order valence-corrected chi connectivity index (χ0v) is 21.1. The first kappa shape index (κ1) is 31.2. The van der Waals surface area contributed by atoms with Crippen molar-refractivity contribution in [3.63, 3.8) is 0 Å². The highest BCUT2D eigenvalue weighted by atomic mass is 16.7. The van der Waals surface area contributed by atoms with E-state index in [1.54, 1.807) is 0 Å². The first-order valence-corrected chi connectivity index (χ1v) is 13.0. The van der Waals surface area contributed by atoms with Gasteiger partial charge in [-0.1, -0.05) is 71.6 Å². The number of carboxylic acid groups (broad SMARTS) is 1. The number of carbonyl (C=O) groups is 1. The summed E-state index contributed by atoms with van der Waals surface area (Å²) in [6.07, 6.45) is 2.95. The summed E-state index contributed by atoms with van der Waals surface area (Å²) in [6, 6.07) is 0. The molecule has 1 rings (SSSR count). The Kier molecular flexibility index (Phi) is 15.4. The monoisotopic (exact) mass is 492 g/mol. The number of hydrogen-bond donors (Lipinski definition) is 6. The minimum atomic E-state index is -1.56. The average molecular weight is 493 g/mol. The maximum atomic E-state index is 11.5. The van der Waals surface area contributed by atoms with E-state index >= 15 is 0 Å². The van der Waals surface area contributed by atoms with Gasteiger partial charge in [0.05, 0.1) is 24.7 Å². The fraction of sp³-hybridized carbons (Fsp3) is 0.960. The predicted molar refractivity (Wildman–Crippen MR) is 127 cm³/mol. The molecule has 0 saturated carbocycles. The Morgan fingerprint density at radius 2 is 1.32 bits per heavy atom. The van der Waals surface area contributed by atoms with E-state index in [9.17, 15) is 35.4 Å². The summed E-state index contributed by atoms with van der Waals surface area (Å²) in [4.78, 5) is 11.5. The van der Waals surface area contributed by atoms with Gasteiger partial charge < -0.3 is 40.1 Å². The number of carboxylic acids is 1. The van der Waals surface area contributed by atoms with Crippen LogP contribution in [0.25, 0.3) is 0 Å². The molecular formula is C25H48O9. The Morgan fingerprint density at radius 1 is 0.824 bits per heavy atom. The predicted octanol–water partition coefficient (Wildman–Crippen LogP) is 2.20. The van der Waals surface area contributed by atoms with Gasteiger partial charge in [-0.05, 0) is 25.7 Å². The zero-order chi connectivity index (χ0) is 25.7. The molecule has 0 aromatic heterocycles. The minimum Gasteiger partial charge on any atom is -0.481 e. The highest BCUT2D eigenvalue weighted by Gasteiger charge is 2.45. The van der Waals surface area contributed by atoms with Crippen LogP contribution < -0.4 is 0 Å². The molecule has 8 unspecified atom stereocenters. The third-order valence-corrected chi connectivity index (χ3v) is 6.86. The Morgan fingerprint density at radius 3 is 1.79 bits per heavy atom. The van der Waals surface area contributed by atoms with Gasteiger partial charge in [0.2, 0.25) is 0 Å². The van der Waals surface area contributed by atoms with Crippen LogP contribution in [0.15, 0.2) is 0 Å². The van der Waals surface area contributed by atoms with Crippen LogP contribution in [0.4, 0.5) is 0 Å². The summed E-state index contributed by atoms with van der Waals surface area (Å²) in [5.74, 6) is -1.56. The molecule has 0 aliphatic carbocycles. The maximum Gasteiger partial charge on any atom is 0.308 e. The molecule has 1 heterocycles. The first-order chi connectivity index (χ1) is 16.1. The molecule has 0 spiro atoms. The van der Waals surface area contributed by atoms with Gasteiger partial charge >= 0.3 is 5.97 Å². The molecule has 0 aromatic rings. The molecule has 0 amide bonds. The number of aliphatic hydroxyl groups excluding tert-OH is 5. The highest BCUT2D eigenvalue weighted by Crippen LogP contribution is 2.26. The van der Waals surface area contributed by atoms with Crippen molar-refractivity contribution < 1.29 is 44.9 Å². The SMILES string of the molecule is CC(C)C(O)CCCCCCCCCCCC(OC1OC(CO)C(O)C(O)C1O)C(C)C(=O)O. The van der Waals surface area contributed by atoms with Crippen LogP contribution in [0.3, 0.4) is 0 Å². The molecule has 0 aromatic carbocycles. The summed E-state index contributed by atoms with van der Waals surface area (Å²) in [5.41, 5.74) is 0. The molecule has 1 aliphatic rings. The van der Waals surface area contributed by atoms with Crippen molar-refractivity contribution in [2.45, 2.75) is 134 Å². The van der Waals surface area contributed by atoms with Gasteiger partial charge in [0.15, 0.2) is 6.29 Å². The molecule has 0 bridgehead atoms. The minimum absolute atomic E-state index is 0.197. The number of aliphatic hydroxyl groups is 5. The molecule has 1 aliphatic heterocycles. The van der Waals surface area contributed by atoms with Crippen molar-refractivity contribution in [3.8, 4) is 0 Å². The number of aliphatic carboxylic acids is 1. The smallest absolute Gasteiger partial charge is 0.308 e. The lowest BCUT2D eigenvalue weighted by Crippen LogP contribution is -2.60. The Labute approximate surface area is 204 Å². The zero-order valence-electron chi connectivity index (χ0n) is 21.1. The van der Waals surface area contributed by atoms with Crippen molar-refractivity contribution in [1.29, 1.82) is 0 Å². The van der Waals surface area contributed by atoms with E-state index in [0.717, 1.165) is 51.4 Å². The Bertz CT molecular complexity index is 542. The standard InChI is InChI=1S/C25H48O9/c1-16(2)18(27)13-11-9-7-5-4-6-8-10-12-14-19(17(3)24(31)32)33-25-23(30)22(29)21(28)20(15-26)34-25/h16-23,25-30H,4-15H2,1-3H3,(H,31,32). The third-order valence-electron chi connectivity index (χ3n) is 6.86. The molecule has 9 heteroatoms. The van der Waals surface area contributed by atoms with E-state index in [1.165, 1.54) is 19.8 Å². The lowest BCUT2D eigenvalue weighted by molar-refractivity contribution is -0.314. The summed E-state index contributed by atoms with van der Waals surface area (Å²) >= 11 is 0. The first-order valence-electron chi connectivity index (χ1n) is 13.0.